The molecule has 148 valence electrons. The van der Waals surface area contributed by atoms with Crippen LogP contribution in [0.5, 0.6) is 0 Å². The molecule has 9 heteroatoms. The van der Waals surface area contributed by atoms with Crippen LogP contribution in [0, 0.1) is 0 Å². The molecular weight excluding hydrogens is 352 g/mol. The average molecular weight is 378 g/mol. The Morgan fingerprint density at radius 1 is 1.00 bits per heavy atom. The molecule has 9 nitrogen and oxygen atoms in total. The van der Waals surface area contributed by atoms with Crippen molar-refractivity contribution < 1.29 is 23.9 Å². The minimum Gasteiger partial charge on any atom is -0.354 e. The highest BCUT2D eigenvalue weighted by Gasteiger charge is 2.21. The maximum absolute atomic E-state index is 12.4. The lowest BCUT2D eigenvalue weighted by atomic mass is 10.1. The summed E-state index contributed by atoms with van der Waals surface area (Å²) < 4.78 is 4.92. The Labute approximate surface area is 158 Å². The molecule has 27 heavy (non-hydrogen) atoms. The molecule has 0 fully saturated rings. The number of rotatable bonds is 12. The van der Waals surface area contributed by atoms with Crippen LogP contribution in [-0.2, 0) is 30.3 Å². The number of Topliss-reactive ketones (excluding diaryl/α,β-unsaturated/α-hetero) is 1. The Morgan fingerprint density at radius 2 is 1.70 bits per heavy atom. The molecule has 1 aromatic rings. The van der Waals surface area contributed by atoms with E-state index in [2.05, 4.69) is 21.3 Å². The van der Waals surface area contributed by atoms with Crippen molar-refractivity contribution in [2.24, 2.45) is 0 Å². The normalized spacial score (nSPS) is 11.3. The van der Waals surface area contributed by atoms with Gasteiger partial charge in [-0.05, 0) is 19.5 Å². The molecule has 0 aromatic heterocycles. The van der Waals surface area contributed by atoms with Gasteiger partial charge in [-0.2, -0.15) is 0 Å². The van der Waals surface area contributed by atoms with Gasteiger partial charge in [-0.25, -0.2) is 0 Å². The van der Waals surface area contributed by atoms with Gasteiger partial charge in [0.05, 0.1) is 13.1 Å². The highest BCUT2D eigenvalue weighted by molar-refractivity contribution is 5.91. The summed E-state index contributed by atoms with van der Waals surface area (Å²) in [7, 11) is 1.63. The SMILES string of the molecule is CNCC(=O)NC(Cc1ccccc1)C(=O)NCC(=O)NCOCC(C)=O. The van der Waals surface area contributed by atoms with Crippen LogP contribution >= 0.6 is 0 Å². The maximum atomic E-state index is 12.4. The van der Waals surface area contributed by atoms with E-state index in [1.54, 1.807) is 7.05 Å². The van der Waals surface area contributed by atoms with E-state index >= 15 is 0 Å². The third-order valence-corrected chi connectivity index (χ3v) is 3.37. The van der Waals surface area contributed by atoms with Crippen LogP contribution in [0.1, 0.15) is 12.5 Å². The van der Waals surface area contributed by atoms with Gasteiger partial charge in [0.25, 0.3) is 0 Å². The van der Waals surface area contributed by atoms with Crippen LogP contribution in [0.15, 0.2) is 30.3 Å². The lowest BCUT2D eigenvalue weighted by Crippen LogP contribution is -2.51. The summed E-state index contributed by atoms with van der Waals surface area (Å²) in [4.78, 5) is 46.7. The molecule has 0 saturated heterocycles. The number of ether oxygens (including phenoxy) is 1. The van der Waals surface area contributed by atoms with Gasteiger partial charge in [0.1, 0.15) is 19.4 Å². The van der Waals surface area contributed by atoms with E-state index in [0.29, 0.717) is 6.42 Å². The highest BCUT2D eigenvalue weighted by Crippen LogP contribution is 2.03. The van der Waals surface area contributed by atoms with Gasteiger partial charge in [-0.15, -0.1) is 0 Å². The lowest BCUT2D eigenvalue weighted by molar-refractivity contribution is -0.130. The summed E-state index contributed by atoms with van der Waals surface area (Å²) in [5.74, 6) is -1.41. The van der Waals surface area contributed by atoms with Crippen molar-refractivity contribution in [2.75, 3.05) is 33.5 Å². The fraction of sp³-hybridized carbons (Fsp3) is 0.444. The molecule has 3 amide bonds. The van der Waals surface area contributed by atoms with E-state index in [1.165, 1.54) is 6.92 Å². The Balaban J connectivity index is 2.52. The van der Waals surface area contributed by atoms with Crippen molar-refractivity contribution >= 4 is 23.5 Å². The summed E-state index contributed by atoms with van der Waals surface area (Å²) in [5.41, 5.74) is 0.879. The molecule has 0 aliphatic rings. The zero-order valence-electron chi connectivity index (χ0n) is 15.5. The van der Waals surface area contributed by atoms with E-state index < -0.39 is 17.9 Å². The number of benzene rings is 1. The Morgan fingerprint density at radius 3 is 2.33 bits per heavy atom. The van der Waals surface area contributed by atoms with Gasteiger partial charge in [0.2, 0.25) is 17.7 Å². The van der Waals surface area contributed by atoms with E-state index in [0.717, 1.165) is 5.56 Å². The first-order valence-electron chi connectivity index (χ1n) is 8.52. The minimum absolute atomic E-state index is 0.0759. The molecule has 4 N–H and O–H groups in total. The monoisotopic (exact) mass is 378 g/mol. The molecule has 0 aliphatic carbocycles. The molecule has 0 bridgehead atoms. The standard InChI is InChI=1S/C18H26N4O5/c1-13(23)11-27-12-21-16(24)10-20-18(26)15(22-17(25)9-19-2)8-14-6-4-3-5-7-14/h3-7,15,19H,8-12H2,1-2H3,(H,20,26)(H,21,24)(H,22,25). The number of nitrogens with one attached hydrogen (secondary N) is 4. The van der Waals surface area contributed by atoms with Crippen molar-refractivity contribution in [3.05, 3.63) is 35.9 Å². The number of carbonyl (C=O) groups is 4. The fourth-order valence-electron chi connectivity index (χ4n) is 2.14. The summed E-state index contributed by atoms with van der Waals surface area (Å²) in [6, 6.07) is 8.43. The molecule has 0 radical (unpaired) electrons. The Bertz CT molecular complexity index is 636. The first-order chi connectivity index (χ1) is 12.9. The van der Waals surface area contributed by atoms with E-state index in [1.807, 2.05) is 30.3 Å². The number of amides is 3. The summed E-state index contributed by atoms with van der Waals surface area (Å²) in [6.45, 7) is 0.961. The van der Waals surface area contributed by atoms with Crippen molar-refractivity contribution in [3.8, 4) is 0 Å². The molecule has 0 aliphatic heterocycles. The second-order valence-corrected chi connectivity index (χ2v) is 5.85. The zero-order valence-corrected chi connectivity index (χ0v) is 15.5. The maximum Gasteiger partial charge on any atom is 0.243 e. The molecule has 1 atom stereocenters. The first kappa shape index (κ1) is 22.3. The Hall–Kier alpha value is -2.78. The van der Waals surface area contributed by atoms with E-state index in [4.69, 9.17) is 4.74 Å². The van der Waals surface area contributed by atoms with Gasteiger partial charge in [0, 0.05) is 6.42 Å². The molecule has 1 rings (SSSR count). The topological polar surface area (TPSA) is 126 Å². The predicted molar refractivity (Wildman–Crippen MR) is 98.7 cm³/mol. The van der Waals surface area contributed by atoms with Gasteiger partial charge in [-0.1, -0.05) is 30.3 Å². The number of ketones is 1. The summed E-state index contributed by atoms with van der Waals surface area (Å²) in [6.07, 6.45) is 0.297. The van der Waals surface area contributed by atoms with Gasteiger partial charge >= 0.3 is 0 Å². The summed E-state index contributed by atoms with van der Waals surface area (Å²) in [5, 5.41) is 10.3. The first-order valence-corrected chi connectivity index (χ1v) is 8.52. The van der Waals surface area contributed by atoms with Crippen LogP contribution in [0.25, 0.3) is 0 Å². The van der Waals surface area contributed by atoms with E-state index in [-0.39, 0.29) is 38.1 Å². The van der Waals surface area contributed by atoms with Crippen LogP contribution in [0.4, 0.5) is 0 Å². The second-order valence-electron chi connectivity index (χ2n) is 5.85. The molecule has 0 saturated carbocycles. The molecule has 1 aromatic carbocycles. The van der Waals surface area contributed by atoms with Gasteiger partial charge < -0.3 is 26.0 Å². The molecular formula is C18H26N4O5. The quantitative estimate of drug-likeness (QED) is 0.265. The molecule has 0 spiro atoms. The van der Waals surface area contributed by atoms with Crippen LogP contribution in [0.3, 0.4) is 0 Å². The summed E-state index contributed by atoms with van der Waals surface area (Å²) >= 11 is 0. The molecule has 0 heterocycles. The highest BCUT2D eigenvalue weighted by atomic mass is 16.5. The molecule has 1 unspecified atom stereocenters. The number of likely N-dealkylation sites (N-methyl/N-ethyl adjacent to an activating group) is 1. The zero-order chi connectivity index (χ0) is 20.1. The smallest absolute Gasteiger partial charge is 0.243 e. The largest absolute Gasteiger partial charge is 0.354 e. The second kappa shape index (κ2) is 12.6. The van der Waals surface area contributed by atoms with Gasteiger partial charge in [-0.3, -0.25) is 19.2 Å². The fourth-order valence-corrected chi connectivity index (χ4v) is 2.14. The lowest BCUT2D eigenvalue weighted by Gasteiger charge is -2.18. The third-order valence-electron chi connectivity index (χ3n) is 3.37. The van der Waals surface area contributed by atoms with Crippen molar-refractivity contribution in [1.82, 2.24) is 21.3 Å². The van der Waals surface area contributed by atoms with Crippen molar-refractivity contribution in [2.45, 2.75) is 19.4 Å². The van der Waals surface area contributed by atoms with Crippen molar-refractivity contribution in [1.29, 1.82) is 0 Å². The number of hydrogen-bond donors (Lipinski definition) is 4. The third kappa shape index (κ3) is 10.1. The van der Waals surface area contributed by atoms with Crippen LogP contribution < -0.4 is 21.3 Å². The number of hydrogen-bond acceptors (Lipinski definition) is 6. The van der Waals surface area contributed by atoms with Crippen molar-refractivity contribution in [3.63, 3.8) is 0 Å². The number of carbonyl (C=O) groups excluding carboxylic acids is 4. The predicted octanol–water partition coefficient (Wildman–Crippen LogP) is -1.27. The van der Waals surface area contributed by atoms with Crippen LogP contribution in [-0.4, -0.2) is 63.0 Å². The average Bonchev–Trinajstić information content (AvgIpc) is 2.63. The van der Waals surface area contributed by atoms with Gasteiger partial charge in [0.15, 0.2) is 5.78 Å². The van der Waals surface area contributed by atoms with E-state index in [9.17, 15) is 19.2 Å². The minimum atomic E-state index is -0.810. The Kier molecular flexibility index (Phi) is 10.4. The van der Waals surface area contributed by atoms with Crippen LogP contribution in [0.2, 0.25) is 0 Å².